The van der Waals surface area contributed by atoms with Crippen LogP contribution in [0.15, 0.2) is 0 Å². The van der Waals surface area contributed by atoms with Gasteiger partial charge in [0.2, 0.25) is 0 Å². The average molecular weight is 644 g/mol. The van der Waals surface area contributed by atoms with Crippen LogP contribution < -0.4 is 5.32 Å². The van der Waals surface area contributed by atoms with Gasteiger partial charge in [-0.15, -0.1) is 0 Å². The Balaban J connectivity index is 4.01. The number of carbonyl (C=O) groups is 1. The second kappa shape index (κ2) is 39.3. The molecule has 1 amide bonds. The maximum absolute atomic E-state index is 12.2. The number of ether oxygens (including phenoxy) is 5. The van der Waals surface area contributed by atoms with Gasteiger partial charge in [-0.2, -0.15) is 0 Å². The van der Waals surface area contributed by atoms with E-state index >= 15 is 0 Å². The van der Waals surface area contributed by atoms with Gasteiger partial charge in [0.15, 0.2) is 0 Å². The third-order valence-electron chi connectivity index (χ3n) is 8.36. The summed E-state index contributed by atoms with van der Waals surface area (Å²) in [6, 6.07) is 0. The predicted molar refractivity (Wildman–Crippen MR) is 189 cm³/mol. The Kier molecular flexibility index (Phi) is 38.5. The Hall–Kier alpha value is -0.890. The summed E-state index contributed by atoms with van der Waals surface area (Å²) >= 11 is 0. The summed E-state index contributed by atoms with van der Waals surface area (Å²) in [6.45, 7) is 8.92. The first-order valence-electron chi connectivity index (χ1n) is 19.4. The Labute approximate surface area is 280 Å². The van der Waals surface area contributed by atoms with Crippen molar-refractivity contribution < 1.29 is 28.5 Å². The molecule has 0 aromatic rings. The van der Waals surface area contributed by atoms with Crippen molar-refractivity contribution in [3.63, 3.8) is 0 Å². The minimum atomic E-state index is -0.410. The van der Waals surface area contributed by atoms with E-state index < -0.39 is 6.09 Å². The standard InChI is InChI=1S/C38H77NO6/c1-4-6-8-10-12-14-16-18-20-22-24-26-30-43-35-37(36-45-38(40)39-29-28-31-42-34-33-41-3)44-32-27-25-23-21-19-17-15-13-11-9-7-5-2/h37H,4-36H2,1-3H3,(H,39,40). The van der Waals surface area contributed by atoms with Crippen LogP contribution in [0, 0.1) is 0 Å². The van der Waals surface area contributed by atoms with Gasteiger partial charge in [0.25, 0.3) is 0 Å². The van der Waals surface area contributed by atoms with Crippen LogP contribution in [0.2, 0.25) is 0 Å². The average Bonchev–Trinajstić information content (AvgIpc) is 3.05. The zero-order chi connectivity index (χ0) is 32.7. The molecule has 0 fully saturated rings. The highest BCUT2D eigenvalue weighted by atomic mass is 16.6. The molecule has 45 heavy (non-hydrogen) atoms. The first-order chi connectivity index (χ1) is 22.2. The van der Waals surface area contributed by atoms with Crippen LogP contribution in [0.5, 0.6) is 0 Å². The lowest BCUT2D eigenvalue weighted by Crippen LogP contribution is -2.32. The SMILES string of the molecule is CCCCCCCCCCCCCCOCC(COC(=O)NCCCOCCOC)OCCCCCCCCCCCCCC. The van der Waals surface area contributed by atoms with E-state index in [1.165, 1.54) is 141 Å². The van der Waals surface area contributed by atoms with Crippen molar-refractivity contribution in [2.24, 2.45) is 0 Å². The number of methoxy groups -OCH3 is 1. The largest absolute Gasteiger partial charge is 0.447 e. The van der Waals surface area contributed by atoms with Crippen molar-refractivity contribution in [3.8, 4) is 0 Å². The van der Waals surface area contributed by atoms with Crippen molar-refractivity contribution >= 4 is 6.09 Å². The summed E-state index contributed by atoms with van der Waals surface area (Å²) in [6.07, 6.45) is 32.0. The lowest BCUT2D eigenvalue weighted by atomic mass is 10.1. The molecule has 0 radical (unpaired) electrons. The van der Waals surface area contributed by atoms with E-state index in [4.69, 9.17) is 23.7 Å². The van der Waals surface area contributed by atoms with Crippen LogP contribution >= 0.6 is 0 Å². The predicted octanol–water partition coefficient (Wildman–Crippen LogP) is 10.6. The van der Waals surface area contributed by atoms with Gasteiger partial charge in [-0.3, -0.25) is 0 Å². The lowest BCUT2D eigenvalue weighted by molar-refractivity contribution is -0.0468. The molecule has 0 aromatic heterocycles. The molecule has 0 spiro atoms. The number of hydrogen-bond acceptors (Lipinski definition) is 6. The molecule has 0 saturated heterocycles. The van der Waals surface area contributed by atoms with E-state index in [1.54, 1.807) is 7.11 Å². The second-order valence-electron chi connectivity index (χ2n) is 12.8. The fraction of sp³-hybridized carbons (Fsp3) is 0.974. The molecule has 0 aliphatic heterocycles. The molecule has 1 unspecified atom stereocenters. The molecule has 0 bridgehead atoms. The molecule has 0 saturated carbocycles. The molecular weight excluding hydrogens is 566 g/mol. The molecule has 1 atom stereocenters. The van der Waals surface area contributed by atoms with Gasteiger partial charge in [0.1, 0.15) is 12.7 Å². The first-order valence-corrected chi connectivity index (χ1v) is 19.4. The third-order valence-corrected chi connectivity index (χ3v) is 8.36. The second-order valence-corrected chi connectivity index (χ2v) is 12.8. The van der Waals surface area contributed by atoms with E-state index in [1.807, 2.05) is 0 Å². The third kappa shape index (κ3) is 37.4. The highest BCUT2D eigenvalue weighted by molar-refractivity contribution is 5.67. The van der Waals surface area contributed by atoms with Crippen molar-refractivity contribution in [2.45, 2.75) is 180 Å². The number of nitrogens with one attached hydrogen (secondary N) is 1. The van der Waals surface area contributed by atoms with E-state index in [0.29, 0.717) is 39.6 Å². The van der Waals surface area contributed by atoms with Gasteiger partial charge in [-0.05, 0) is 19.3 Å². The summed E-state index contributed by atoms with van der Waals surface area (Å²) in [5.41, 5.74) is 0. The normalized spacial score (nSPS) is 12.1. The molecule has 0 aliphatic carbocycles. The molecule has 270 valence electrons. The van der Waals surface area contributed by atoms with Gasteiger partial charge in [-0.25, -0.2) is 4.79 Å². The lowest BCUT2D eigenvalue weighted by Gasteiger charge is -2.18. The molecule has 1 N–H and O–H groups in total. The van der Waals surface area contributed by atoms with Crippen LogP contribution in [-0.4, -0.2) is 72.1 Å². The highest BCUT2D eigenvalue weighted by Crippen LogP contribution is 2.13. The van der Waals surface area contributed by atoms with Crippen molar-refractivity contribution in [3.05, 3.63) is 0 Å². The minimum Gasteiger partial charge on any atom is -0.447 e. The van der Waals surface area contributed by atoms with Gasteiger partial charge in [0.05, 0.1) is 19.8 Å². The maximum atomic E-state index is 12.2. The summed E-state index contributed by atoms with van der Waals surface area (Å²) in [7, 11) is 1.65. The molecule has 0 heterocycles. The van der Waals surface area contributed by atoms with Crippen LogP contribution in [0.25, 0.3) is 0 Å². The molecule has 0 aliphatic rings. The minimum absolute atomic E-state index is 0.215. The Morgan fingerprint density at radius 3 is 1.42 bits per heavy atom. The van der Waals surface area contributed by atoms with Crippen molar-refractivity contribution in [1.29, 1.82) is 0 Å². The summed E-state index contributed by atoms with van der Waals surface area (Å²) in [4.78, 5) is 12.2. The number of amides is 1. The summed E-state index contributed by atoms with van der Waals surface area (Å²) < 4.78 is 27.9. The maximum Gasteiger partial charge on any atom is 0.407 e. The van der Waals surface area contributed by atoms with Crippen LogP contribution in [0.1, 0.15) is 174 Å². The first kappa shape index (κ1) is 44.1. The van der Waals surface area contributed by atoms with E-state index in [9.17, 15) is 4.79 Å². The summed E-state index contributed by atoms with van der Waals surface area (Å²) in [5, 5.41) is 2.80. The molecule has 0 rings (SSSR count). The fourth-order valence-corrected chi connectivity index (χ4v) is 5.43. The number of rotatable bonds is 38. The van der Waals surface area contributed by atoms with Crippen molar-refractivity contribution in [2.75, 3.05) is 59.9 Å². The van der Waals surface area contributed by atoms with Crippen LogP contribution in [-0.2, 0) is 23.7 Å². The Morgan fingerprint density at radius 2 is 0.933 bits per heavy atom. The summed E-state index contributed by atoms with van der Waals surface area (Å²) in [5.74, 6) is 0. The van der Waals surface area contributed by atoms with Gasteiger partial charge >= 0.3 is 6.09 Å². The topological polar surface area (TPSA) is 75.3 Å². The van der Waals surface area contributed by atoms with Crippen molar-refractivity contribution in [1.82, 2.24) is 5.32 Å². The fourth-order valence-electron chi connectivity index (χ4n) is 5.43. The zero-order valence-corrected chi connectivity index (χ0v) is 30.4. The quantitative estimate of drug-likeness (QED) is 0.0675. The number of unbranched alkanes of at least 4 members (excludes halogenated alkanes) is 22. The number of hydrogen-bond donors (Lipinski definition) is 1. The molecule has 0 aromatic carbocycles. The van der Waals surface area contributed by atoms with Gasteiger partial charge in [-0.1, -0.05) is 155 Å². The monoisotopic (exact) mass is 644 g/mol. The van der Waals surface area contributed by atoms with Gasteiger partial charge < -0.3 is 29.0 Å². The van der Waals surface area contributed by atoms with E-state index in [0.717, 1.165) is 25.9 Å². The van der Waals surface area contributed by atoms with Crippen LogP contribution in [0.4, 0.5) is 4.79 Å². The van der Waals surface area contributed by atoms with E-state index in [-0.39, 0.29) is 12.7 Å². The Bertz CT molecular complexity index is 564. The molecule has 7 nitrogen and oxygen atoms in total. The number of alkyl carbamates (subject to hydrolysis) is 1. The van der Waals surface area contributed by atoms with E-state index in [2.05, 4.69) is 19.2 Å². The molecule has 7 heteroatoms. The smallest absolute Gasteiger partial charge is 0.407 e. The Morgan fingerprint density at radius 1 is 0.489 bits per heavy atom. The molecular formula is C38H77NO6. The highest BCUT2D eigenvalue weighted by Gasteiger charge is 2.13. The zero-order valence-electron chi connectivity index (χ0n) is 30.4. The van der Waals surface area contributed by atoms with Crippen LogP contribution in [0.3, 0.4) is 0 Å². The number of carbonyl (C=O) groups excluding carboxylic acids is 1. The van der Waals surface area contributed by atoms with Gasteiger partial charge in [0, 0.05) is 33.5 Å².